The first-order valence-corrected chi connectivity index (χ1v) is 10.3. The molecule has 0 unspecified atom stereocenters. The summed E-state index contributed by atoms with van der Waals surface area (Å²) >= 11 is 0. The molecule has 1 aliphatic rings. The summed E-state index contributed by atoms with van der Waals surface area (Å²) < 4.78 is 15.9. The van der Waals surface area contributed by atoms with Crippen LogP contribution in [0.2, 0.25) is 0 Å². The summed E-state index contributed by atoms with van der Waals surface area (Å²) in [6.45, 7) is 13.4. The van der Waals surface area contributed by atoms with Gasteiger partial charge in [-0.1, -0.05) is 38.1 Å². The highest BCUT2D eigenvalue weighted by Crippen LogP contribution is 2.28. The molecule has 1 heterocycles. The molecule has 174 valence electrons. The fourth-order valence-corrected chi connectivity index (χ4v) is 2.69. The number of carbonyl (C=O) groups excluding carboxylic acids is 3. The number of rotatable bonds is 8. The fraction of sp³-hybridized carbons (Fsp3) is 0.458. The third-order valence-electron chi connectivity index (χ3n) is 4.79. The highest BCUT2D eigenvalue weighted by Gasteiger charge is 2.33. The largest absolute Gasteiger partial charge is 0.512 e. The number of carbonyl (C=O) groups is 3. The van der Waals surface area contributed by atoms with Gasteiger partial charge in [-0.25, -0.2) is 19.4 Å². The Bertz CT molecular complexity index is 943. The van der Waals surface area contributed by atoms with Crippen molar-refractivity contribution in [2.75, 3.05) is 0 Å². The van der Waals surface area contributed by atoms with E-state index in [9.17, 15) is 14.4 Å². The zero-order chi connectivity index (χ0) is 24.3. The van der Waals surface area contributed by atoms with Gasteiger partial charge >= 0.3 is 18.1 Å². The van der Waals surface area contributed by atoms with E-state index in [1.165, 1.54) is 33.3 Å². The number of ketones is 1. The van der Waals surface area contributed by atoms with E-state index >= 15 is 0 Å². The van der Waals surface area contributed by atoms with Gasteiger partial charge in [0.1, 0.15) is 5.60 Å². The number of hydrogen-bond acceptors (Lipinski definition) is 8. The van der Waals surface area contributed by atoms with Crippen molar-refractivity contribution in [3.05, 3.63) is 58.6 Å². The molecule has 8 heteroatoms. The smallest absolute Gasteiger partial charge is 0.423 e. The summed E-state index contributed by atoms with van der Waals surface area (Å²) in [7, 11) is 0. The van der Waals surface area contributed by atoms with Crippen LogP contribution in [0.5, 0.6) is 0 Å². The maximum absolute atomic E-state index is 12.4. The van der Waals surface area contributed by atoms with Gasteiger partial charge in [-0.2, -0.15) is 0 Å². The van der Waals surface area contributed by atoms with Crippen molar-refractivity contribution in [2.45, 2.75) is 72.7 Å². The van der Waals surface area contributed by atoms with Crippen LogP contribution in [0.3, 0.4) is 0 Å². The van der Waals surface area contributed by atoms with Gasteiger partial charge in [0.2, 0.25) is 0 Å². The first kappa shape index (κ1) is 25.0. The average Bonchev–Trinajstić information content (AvgIpc) is 3.51. The van der Waals surface area contributed by atoms with Crippen LogP contribution in [0, 0.1) is 0 Å². The molecule has 0 aliphatic carbocycles. The lowest BCUT2D eigenvalue weighted by atomic mass is 9.94. The third kappa shape index (κ3) is 6.87. The minimum absolute atomic E-state index is 0.0196. The Morgan fingerprint density at radius 1 is 0.906 bits per heavy atom. The van der Waals surface area contributed by atoms with Crippen molar-refractivity contribution in [2.24, 2.45) is 0 Å². The first-order chi connectivity index (χ1) is 14.7. The Balaban J connectivity index is 1.97. The SMILES string of the molecule is CC(C(=O)/C=C(\C)C(=O)OC(C)(C)OC(=O)OC(C)(C)c1ccc(C(C)C)cc1)=C1OO1. The summed E-state index contributed by atoms with van der Waals surface area (Å²) in [5.41, 5.74) is 1.24. The van der Waals surface area contributed by atoms with E-state index in [4.69, 9.17) is 14.2 Å². The van der Waals surface area contributed by atoms with E-state index in [1.807, 2.05) is 24.3 Å². The Labute approximate surface area is 188 Å². The Hall–Kier alpha value is -3.29. The molecule has 8 nitrogen and oxygen atoms in total. The Morgan fingerprint density at radius 2 is 1.47 bits per heavy atom. The zero-order valence-electron chi connectivity index (χ0n) is 19.7. The fourth-order valence-electron chi connectivity index (χ4n) is 2.69. The van der Waals surface area contributed by atoms with Gasteiger partial charge < -0.3 is 14.2 Å². The van der Waals surface area contributed by atoms with Crippen molar-refractivity contribution in [1.82, 2.24) is 0 Å². The second-order valence-corrected chi connectivity index (χ2v) is 8.80. The van der Waals surface area contributed by atoms with E-state index in [1.54, 1.807) is 13.8 Å². The van der Waals surface area contributed by atoms with Crippen LogP contribution < -0.4 is 0 Å². The number of allylic oxidation sites excluding steroid dienone is 2. The van der Waals surface area contributed by atoms with Crippen molar-refractivity contribution < 1.29 is 38.4 Å². The van der Waals surface area contributed by atoms with Crippen LogP contribution in [-0.2, 0) is 39.2 Å². The van der Waals surface area contributed by atoms with Gasteiger partial charge in [-0.3, -0.25) is 4.79 Å². The van der Waals surface area contributed by atoms with Crippen LogP contribution in [0.1, 0.15) is 72.4 Å². The maximum atomic E-state index is 12.4. The number of esters is 1. The highest BCUT2D eigenvalue weighted by atomic mass is 17.4. The van der Waals surface area contributed by atoms with Crippen molar-refractivity contribution in [3.63, 3.8) is 0 Å². The first-order valence-electron chi connectivity index (χ1n) is 10.3. The lowest BCUT2D eigenvalue weighted by molar-refractivity contribution is -0.200. The molecular formula is C24H30O8. The molecule has 1 fully saturated rings. The molecule has 0 radical (unpaired) electrons. The third-order valence-corrected chi connectivity index (χ3v) is 4.79. The molecule has 2 rings (SSSR count). The topological polar surface area (TPSA) is 104 Å². The van der Waals surface area contributed by atoms with Gasteiger partial charge in [0.25, 0.3) is 5.79 Å². The van der Waals surface area contributed by atoms with E-state index in [0.717, 1.165) is 11.6 Å². The number of ether oxygens (including phenoxy) is 3. The van der Waals surface area contributed by atoms with Gasteiger partial charge in [-0.05, 0) is 50.8 Å². The minimum Gasteiger partial charge on any atom is -0.423 e. The normalized spacial score (nSPS) is 13.7. The lowest BCUT2D eigenvalue weighted by Gasteiger charge is -2.29. The monoisotopic (exact) mass is 446 g/mol. The van der Waals surface area contributed by atoms with Gasteiger partial charge in [-0.15, -0.1) is 0 Å². The quantitative estimate of drug-likeness (QED) is 0.177. The molecular weight excluding hydrogens is 416 g/mol. The molecule has 0 saturated carbocycles. The van der Waals surface area contributed by atoms with Crippen molar-refractivity contribution in [1.29, 1.82) is 0 Å². The second-order valence-electron chi connectivity index (χ2n) is 8.80. The molecule has 0 amide bonds. The molecule has 0 atom stereocenters. The number of benzene rings is 1. The summed E-state index contributed by atoms with van der Waals surface area (Å²) in [5, 5.41) is 0. The predicted molar refractivity (Wildman–Crippen MR) is 115 cm³/mol. The highest BCUT2D eigenvalue weighted by molar-refractivity contribution is 6.08. The summed E-state index contributed by atoms with van der Waals surface area (Å²) in [6, 6.07) is 7.76. The zero-order valence-corrected chi connectivity index (χ0v) is 19.7. The molecule has 1 saturated heterocycles. The van der Waals surface area contributed by atoms with E-state index in [-0.39, 0.29) is 17.1 Å². The second kappa shape index (κ2) is 9.46. The molecule has 1 aliphatic heterocycles. The summed E-state index contributed by atoms with van der Waals surface area (Å²) in [4.78, 5) is 45.7. The molecule has 0 aromatic heterocycles. The molecule has 0 spiro atoms. The summed E-state index contributed by atoms with van der Waals surface area (Å²) in [6.07, 6.45) is 0.0932. The van der Waals surface area contributed by atoms with Gasteiger partial charge in [0.15, 0.2) is 5.78 Å². The van der Waals surface area contributed by atoms with Gasteiger partial charge in [0, 0.05) is 19.4 Å². The minimum atomic E-state index is -1.62. The van der Waals surface area contributed by atoms with Crippen LogP contribution in [0.15, 0.2) is 47.4 Å². The van der Waals surface area contributed by atoms with Crippen molar-refractivity contribution in [3.8, 4) is 0 Å². The molecule has 1 aromatic rings. The molecule has 0 bridgehead atoms. The maximum Gasteiger partial charge on any atom is 0.512 e. The molecule has 32 heavy (non-hydrogen) atoms. The van der Waals surface area contributed by atoms with Crippen LogP contribution >= 0.6 is 0 Å². The van der Waals surface area contributed by atoms with Gasteiger partial charge in [0.05, 0.1) is 5.57 Å². The Kier molecular flexibility index (Phi) is 7.38. The van der Waals surface area contributed by atoms with Crippen LogP contribution in [0.25, 0.3) is 0 Å². The Morgan fingerprint density at radius 3 is 1.97 bits per heavy atom. The standard InChI is InChI=1S/C24H30O8/c1-14(2)17-9-11-18(12-10-17)23(5,6)29-22(27)30-24(7,8)28-20(26)15(3)13-19(25)16(4)21-31-32-21/h9-14H,1-8H3/b15-13+. The molecule has 0 N–H and O–H groups in total. The summed E-state index contributed by atoms with van der Waals surface area (Å²) in [5.74, 6) is -2.41. The molecule has 1 aromatic carbocycles. The van der Waals surface area contributed by atoms with Crippen LogP contribution in [0.4, 0.5) is 4.79 Å². The van der Waals surface area contributed by atoms with Crippen LogP contribution in [-0.4, -0.2) is 23.7 Å². The van der Waals surface area contributed by atoms with Crippen molar-refractivity contribution >= 4 is 17.9 Å². The van der Waals surface area contributed by atoms with E-state index in [0.29, 0.717) is 5.92 Å². The predicted octanol–water partition coefficient (Wildman–Crippen LogP) is 5.19. The number of hydrogen-bond donors (Lipinski definition) is 0. The van der Waals surface area contributed by atoms with E-state index < -0.39 is 29.3 Å². The van der Waals surface area contributed by atoms with E-state index in [2.05, 4.69) is 23.6 Å². The average molecular weight is 446 g/mol. The lowest BCUT2D eigenvalue weighted by Crippen LogP contribution is -2.37.